The summed E-state index contributed by atoms with van der Waals surface area (Å²) in [6.45, 7) is 4.99. The predicted octanol–water partition coefficient (Wildman–Crippen LogP) is 8.27. The van der Waals surface area contributed by atoms with Gasteiger partial charge in [0.1, 0.15) is 6.23 Å². The van der Waals surface area contributed by atoms with E-state index in [0.29, 0.717) is 16.0 Å². The van der Waals surface area contributed by atoms with Gasteiger partial charge in [-0.3, -0.25) is 0 Å². The number of aromatic nitrogens is 1. The number of ether oxygens (including phenoxy) is 2. The Labute approximate surface area is 215 Å². The normalized spacial score (nSPS) is 20.2. The Bertz CT molecular complexity index is 1110. The lowest BCUT2D eigenvalue weighted by Gasteiger charge is -2.39. The number of benzene rings is 2. The van der Waals surface area contributed by atoms with Gasteiger partial charge in [-0.2, -0.15) is 0 Å². The van der Waals surface area contributed by atoms with Crippen molar-refractivity contribution < 1.29 is 9.47 Å². The van der Waals surface area contributed by atoms with Gasteiger partial charge < -0.3 is 14.4 Å². The Morgan fingerprint density at radius 2 is 1.88 bits per heavy atom. The van der Waals surface area contributed by atoms with Crippen LogP contribution in [-0.4, -0.2) is 24.1 Å². The third-order valence-corrected chi connectivity index (χ3v) is 8.11. The molecule has 1 saturated heterocycles. The van der Waals surface area contributed by atoms with Crippen LogP contribution in [0.2, 0.25) is 10.0 Å². The molecule has 3 unspecified atom stereocenters. The van der Waals surface area contributed by atoms with E-state index in [9.17, 15) is 0 Å². The van der Waals surface area contributed by atoms with E-state index in [4.69, 9.17) is 37.7 Å². The van der Waals surface area contributed by atoms with Crippen LogP contribution in [0.1, 0.15) is 55.5 Å². The first-order chi connectivity index (χ1) is 16.5. The summed E-state index contributed by atoms with van der Waals surface area (Å²) < 4.78 is 12.4. The van der Waals surface area contributed by atoms with Crippen molar-refractivity contribution in [2.24, 2.45) is 5.92 Å². The van der Waals surface area contributed by atoms with E-state index in [1.165, 1.54) is 18.4 Å². The van der Waals surface area contributed by atoms with Crippen molar-refractivity contribution >= 4 is 39.7 Å². The van der Waals surface area contributed by atoms with Crippen molar-refractivity contribution in [2.45, 2.75) is 64.5 Å². The minimum atomic E-state index is -0.187. The second-order valence-corrected chi connectivity index (χ2v) is 11.2. The molecule has 2 aliphatic rings. The molecule has 2 aromatic carbocycles. The molecule has 5 rings (SSSR count). The Hall–Kier alpha value is -1.63. The van der Waals surface area contributed by atoms with Gasteiger partial charge in [0.2, 0.25) is 0 Å². The molecule has 2 heterocycles. The third-order valence-electron chi connectivity index (χ3n) is 6.58. The fourth-order valence-corrected chi connectivity index (χ4v) is 6.28. The van der Waals surface area contributed by atoms with Gasteiger partial charge in [0.25, 0.3) is 0 Å². The Morgan fingerprint density at radius 1 is 1.09 bits per heavy atom. The SMILES string of the molecule is Cc1sc(N(C(C)OC2CCCCO2)C(c2ccccc2)C2CC2)nc1-c1ccc(Cl)cc1Cl. The minimum Gasteiger partial charge on any atom is -0.353 e. The van der Waals surface area contributed by atoms with Crippen LogP contribution in [0.25, 0.3) is 11.3 Å². The van der Waals surface area contributed by atoms with Gasteiger partial charge in [-0.1, -0.05) is 53.5 Å². The molecule has 4 nitrogen and oxygen atoms in total. The van der Waals surface area contributed by atoms with Crippen molar-refractivity contribution in [3.8, 4) is 11.3 Å². The first-order valence-electron chi connectivity index (χ1n) is 12.0. The van der Waals surface area contributed by atoms with Crippen LogP contribution >= 0.6 is 34.5 Å². The Morgan fingerprint density at radius 3 is 2.56 bits per heavy atom. The fourth-order valence-electron chi connectivity index (χ4n) is 4.75. The number of halogens is 2. The van der Waals surface area contributed by atoms with E-state index in [1.807, 2.05) is 12.1 Å². The molecule has 180 valence electrons. The number of nitrogens with zero attached hydrogens (tertiary/aromatic N) is 2. The standard InChI is InChI=1S/C27H30Cl2N2O2S/c1-17-25(22-14-13-21(28)16-23(22)29)30-27(34-17)31(18(2)33-24-10-6-7-15-32-24)26(20-11-12-20)19-8-4-3-5-9-19/h3-5,8-9,13-14,16,18,20,24,26H,6-7,10-12,15H2,1-2H3. The zero-order chi connectivity index (χ0) is 23.7. The largest absolute Gasteiger partial charge is 0.353 e. The van der Waals surface area contributed by atoms with Crippen LogP contribution in [0, 0.1) is 12.8 Å². The molecule has 0 spiro atoms. The van der Waals surface area contributed by atoms with Crippen LogP contribution in [-0.2, 0) is 9.47 Å². The fraction of sp³-hybridized carbons (Fsp3) is 0.444. The van der Waals surface area contributed by atoms with E-state index >= 15 is 0 Å². The molecule has 0 radical (unpaired) electrons. The number of hydrogen-bond acceptors (Lipinski definition) is 5. The molecule has 3 aromatic rings. The van der Waals surface area contributed by atoms with Gasteiger partial charge in [0.05, 0.1) is 16.8 Å². The number of hydrogen-bond donors (Lipinski definition) is 0. The monoisotopic (exact) mass is 516 g/mol. The van der Waals surface area contributed by atoms with Crippen LogP contribution < -0.4 is 4.90 Å². The highest BCUT2D eigenvalue weighted by Crippen LogP contribution is 2.49. The summed E-state index contributed by atoms with van der Waals surface area (Å²) in [7, 11) is 0. The second-order valence-electron chi connectivity index (χ2n) is 9.16. The summed E-state index contributed by atoms with van der Waals surface area (Å²) in [5.74, 6) is 0.576. The molecule has 0 bridgehead atoms. The molecule has 1 saturated carbocycles. The molecule has 1 aromatic heterocycles. The van der Waals surface area contributed by atoms with Crippen molar-refractivity contribution in [1.29, 1.82) is 0 Å². The predicted molar refractivity (Wildman–Crippen MR) is 141 cm³/mol. The van der Waals surface area contributed by atoms with Gasteiger partial charge >= 0.3 is 0 Å². The topological polar surface area (TPSA) is 34.6 Å². The van der Waals surface area contributed by atoms with E-state index in [0.717, 1.165) is 47.1 Å². The summed E-state index contributed by atoms with van der Waals surface area (Å²) in [4.78, 5) is 8.63. The molecule has 34 heavy (non-hydrogen) atoms. The zero-order valence-corrected chi connectivity index (χ0v) is 21.9. The number of aryl methyl sites for hydroxylation is 1. The maximum absolute atomic E-state index is 6.56. The van der Waals surface area contributed by atoms with Gasteiger partial charge in [0.15, 0.2) is 11.4 Å². The first kappa shape index (κ1) is 24.1. The highest BCUT2D eigenvalue weighted by atomic mass is 35.5. The van der Waals surface area contributed by atoms with E-state index in [-0.39, 0.29) is 18.6 Å². The number of thiazole rings is 1. The highest BCUT2D eigenvalue weighted by Gasteiger charge is 2.40. The highest BCUT2D eigenvalue weighted by molar-refractivity contribution is 7.16. The Kier molecular flexibility index (Phi) is 7.47. The van der Waals surface area contributed by atoms with Gasteiger partial charge in [-0.15, -0.1) is 11.3 Å². The lowest BCUT2D eigenvalue weighted by atomic mass is 10.0. The summed E-state index contributed by atoms with van der Waals surface area (Å²) in [6, 6.07) is 16.5. The van der Waals surface area contributed by atoms with E-state index in [2.05, 4.69) is 49.1 Å². The van der Waals surface area contributed by atoms with Crippen molar-refractivity contribution in [3.63, 3.8) is 0 Å². The van der Waals surface area contributed by atoms with Gasteiger partial charge in [-0.25, -0.2) is 4.98 Å². The van der Waals surface area contributed by atoms with Crippen LogP contribution in [0.4, 0.5) is 5.13 Å². The molecule has 3 atom stereocenters. The molecule has 1 aliphatic carbocycles. The first-order valence-corrected chi connectivity index (χ1v) is 13.6. The molecular formula is C27H30Cl2N2O2S. The summed E-state index contributed by atoms with van der Waals surface area (Å²) in [6.07, 6.45) is 5.23. The maximum Gasteiger partial charge on any atom is 0.188 e. The van der Waals surface area contributed by atoms with Crippen LogP contribution in [0.5, 0.6) is 0 Å². The van der Waals surface area contributed by atoms with Gasteiger partial charge in [-0.05, 0) is 75.6 Å². The van der Waals surface area contributed by atoms with Crippen molar-refractivity contribution in [3.05, 3.63) is 69.0 Å². The van der Waals surface area contributed by atoms with Crippen LogP contribution in [0.15, 0.2) is 48.5 Å². The molecule has 2 fully saturated rings. The Balaban J connectivity index is 1.54. The molecule has 0 N–H and O–H groups in total. The molecule has 0 amide bonds. The van der Waals surface area contributed by atoms with Gasteiger partial charge in [0, 0.05) is 22.1 Å². The lowest BCUT2D eigenvalue weighted by Crippen LogP contribution is -2.42. The quantitative estimate of drug-likeness (QED) is 0.282. The molecule has 7 heteroatoms. The summed E-state index contributed by atoms with van der Waals surface area (Å²) >= 11 is 14.4. The summed E-state index contributed by atoms with van der Waals surface area (Å²) in [5.41, 5.74) is 3.09. The van der Waals surface area contributed by atoms with Crippen molar-refractivity contribution in [2.75, 3.05) is 11.5 Å². The molecular weight excluding hydrogens is 487 g/mol. The smallest absolute Gasteiger partial charge is 0.188 e. The van der Waals surface area contributed by atoms with E-state index < -0.39 is 0 Å². The van der Waals surface area contributed by atoms with Crippen molar-refractivity contribution in [1.82, 2.24) is 4.98 Å². The maximum atomic E-state index is 6.56. The average Bonchev–Trinajstić information content (AvgIpc) is 3.60. The van der Waals surface area contributed by atoms with Crippen LogP contribution in [0.3, 0.4) is 0 Å². The number of rotatable bonds is 8. The minimum absolute atomic E-state index is 0.173. The molecule has 1 aliphatic heterocycles. The summed E-state index contributed by atoms with van der Waals surface area (Å²) in [5, 5.41) is 2.18. The van der Waals surface area contributed by atoms with E-state index in [1.54, 1.807) is 17.4 Å². The zero-order valence-electron chi connectivity index (χ0n) is 19.5. The average molecular weight is 518 g/mol. The second kappa shape index (κ2) is 10.5. The lowest BCUT2D eigenvalue weighted by molar-refractivity contribution is -0.185. The number of anilines is 1. The third kappa shape index (κ3) is 5.29.